The van der Waals surface area contributed by atoms with Gasteiger partial charge in [0.1, 0.15) is 0 Å². The Hall–Kier alpha value is -1.72. The molecule has 1 aromatic heterocycles. The van der Waals surface area contributed by atoms with E-state index in [4.69, 9.17) is 15.0 Å². The van der Waals surface area contributed by atoms with Crippen LogP contribution in [0.15, 0.2) is 28.8 Å². The first kappa shape index (κ1) is 12.1. The predicted molar refractivity (Wildman–Crippen MR) is 72.4 cm³/mol. The Bertz CT molecular complexity index is 654. The second-order valence-corrected chi connectivity index (χ2v) is 5.95. The topological polar surface area (TPSA) is 74.2 Å². The fraction of sp³-hybridized carbons (Fsp3) is 0.467. The Morgan fingerprint density at radius 1 is 1.35 bits per heavy atom. The molecule has 5 heteroatoms. The zero-order valence-corrected chi connectivity index (χ0v) is 11.4. The number of hydrogen-bond acceptors (Lipinski definition) is 5. The van der Waals surface area contributed by atoms with Gasteiger partial charge in [0.05, 0.1) is 24.5 Å². The van der Waals surface area contributed by atoms with Crippen molar-refractivity contribution in [3.8, 4) is 0 Å². The summed E-state index contributed by atoms with van der Waals surface area (Å²) in [5, 5.41) is 4.16. The van der Waals surface area contributed by atoms with Crippen LogP contribution in [-0.2, 0) is 16.6 Å². The first-order valence-electron chi connectivity index (χ1n) is 6.94. The van der Waals surface area contributed by atoms with E-state index < -0.39 is 0 Å². The molecule has 3 atom stereocenters. The lowest BCUT2D eigenvalue weighted by Gasteiger charge is -2.27. The van der Waals surface area contributed by atoms with Gasteiger partial charge in [0.25, 0.3) is 0 Å². The van der Waals surface area contributed by atoms with Crippen LogP contribution in [0.5, 0.6) is 0 Å². The van der Waals surface area contributed by atoms with Crippen molar-refractivity contribution in [2.75, 3.05) is 13.2 Å². The van der Waals surface area contributed by atoms with Gasteiger partial charge in [0.2, 0.25) is 5.89 Å². The molecule has 0 radical (unpaired) electrons. The standard InChI is InChI=1S/C15H17N3O2/c1-15(8-19-7-12(15)16)14-17-13(18-20-14)11-6-9-4-2-3-5-10(9)11/h2-5,11-12H,6-8,16H2,1H3. The van der Waals surface area contributed by atoms with Crippen LogP contribution in [0.4, 0.5) is 0 Å². The SMILES string of the molecule is CC1(c2nc(C3Cc4ccccc43)no2)COCC1N. The third-order valence-corrected chi connectivity index (χ3v) is 4.61. The summed E-state index contributed by atoms with van der Waals surface area (Å²) in [5.74, 6) is 1.62. The van der Waals surface area contributed by atoms with Crippen molar-refractivity contribution in [2.45, 2.75) is 30.7 Å². The maximum absolute atomic E-state index is 6.10. The Kier molecular flexibility index (Phi) is 2.49. The molecule has 20 heavy (non-hydrogen) atoms. The largest absolute Gasteiger partial charge is 0.379 e. The lowest BCUT2D eigenvalue weighted by Crippen LogP contribution is -2.42. The van der Waals surface area contributed by atoms with Crippen molar-refractivity contribution < 1.29 is 9.26 Å². The highest BCUT2D eigenvalue weighted by Crippen LogP contribution is 2.39. The monoisotopic (exact) mass is 271 g/mol. The van der Waals surface area contributed by atoms with Gasteiger partial charge in [-0.1, -0.05) is 29.4 Å². The van der Waals surface area contributed by atoms with Crippen molar-refractivity contribution in [1.82, 2.24) is 10.1 Å². The van der Waals surface area contributed by atoms with E-state index in [0.717, 1.165) is 12.2 Å². The van der Waals surface area contributed by atoms with Gasteiger partial charge in [-0.2, -0.15) is 4.98 Å². The molecule has 1 aliphatic carbocycles. The molecule has 0 saturated carbocycles. The van der Waals surface area contributed by atoms with Gasteiger partial charge in [-0.3, -0.25) is 0 Å². The fourth-order valence-corrected chi connectivity index (χ4v) is 3.01. The Balaban J connectivity index is 1.64. The second kappa shape index (κ2) is 4.14. The van der Waals surface area contributed by atoms with E-state index in [1.807, 2.05) is 13.0 Å². The summed E-state index contributed by atoms with van der Waals surface area (Å²) in [7, 11) is 0. The molecule has 2 N–H and O–H groups in total. The Morgan fingerprint density at radius 3 is 2.95 bits per heavy atom. The predicted octanol–water partition coefficient (Wildman–Crippen LogP) is 1.37. The van der Waals surface area contributed by atoms with Crippen LogP contribution in [0.2, 0.25) is 0 Å². The normalized spacial score (nSPS) is 31.9. The van der Waals surface area contributed by atoms with Crippen LogP contribution in [0.1, 0.15) is 35.7 Å². The molecule has 4 rings (SSSR count). The molecule has 2 aliphatic rings. The second-order valence-electron chi connectivity index (χ2n) is 5.95. The first-order valence-corrected chi connectivity index (χ1v) is 6.94. The lowest BCUT2D eigenvalue weighted by molar-refractivity contribution is 0.169. The molecule has 2 aromatic rings. The fourth-order valence-electron chi connectivity index (χ4n) is 3.01. The first-order chi connectivity index (χ1) is 9.68. The molecule has 1 fully saturated rings. The molecule has 0 spiro atoms. The van der Waals surface area contributed by atoms with E-state index in [-0.39, 0.29) is 17.4 Å². The summed E-state index contributed by atoms with van der Waals surface area (Å²) in [6, 6.07) is 8.30. The van der Waals surface area contributed by atoms with Gasteiger partial charge < -0.3 is 15.0 Å². The van der Waals surface area contributed by atoms with Gasteiger partial charge in [0.15, 0.2) is 5.82 Å². The number of hydrogen-bond donors (Lipinski definition) is 1. The van der Waals surface area contributed by atoms with Gasteiger partial charge in [0, 0.05) is 6.04 Å². The molecular weight excluding hydrogens is 254 g/mol. The molecule has 1 aromatic carbocycles. The van der Waals surface area contributed by atoms with E-state index in [9.17, 15) is 0 Å². The molecule has 1 aliphatic heterocycles. The lowest BCUT2D eigenvalue weighted by atomic mass is 9.77. The van der Waals surface area contributed by atoms with Crippen LogP contribution in [-0.4, -0.2) is 29.4 Å². The van der Waals surface area contributed by atoms with E-state index >= 15 is 0 Å². The highest BCUT2D eigenvalue weighted by atomic mass is 16.5. The summed E-state index contributed by atoms with van der Waals surface area (Å²) in [5.41, 5.74) is 8.41. The number of nitrogens with two attached hydrogens (primary N) is 1. The number of aromatic nitrogens is 2. The van der Waals surface area contributed by atoms with Crippen molar-refractivity contribution >= 4 is 0 Å². The van der Waals surface area contributed by atoms with Crippen LogP contribution >= 0.6 is 0 Å². The molecule has 0 bridgehead atoms. The number of fused-ring (bicyclic) bond motifs is 1. The van der Waals surface area contributed by atoms with Crippen molar-refractivity contribution in [3.05, 3.63) is 47.1 Å². The Labute approximate surface area is 117 Å². The molecule has 3 unspecified atom stereocenters. The summed E-state index contributed by atoms with van der Waals surface area (Å²) >= 11 is 0. The number of nitrogens with zero attached hydrogens (tertiary/aromatic N) is 2. The summed E-state index contributed by atoms with van der Waals surface area (Å²) < 4.78 is 10.9. The van der Waals surface area contributed by atoms with E-state index in [1.54, 1.807) is 0 Å². The molecule has 2 heterocycles. The minimum absolute atomic E-state index is 0.0931. The van der Waals surface area contributed by atoms with E-state index in [2.05, 4.69) is 28.3 Å². The van der Waals surface area contributed by atoms with Gasteiger partial charge >= 0.3 is 0 Å². The highest BCUT2D eigenvalue weighted by Gasteiger charge is 2.45. The van der Waals surface area contributed by atoms with Crippen molar-refractivity contribution in [1.29, 1.82) is 0 Å². The molecular formula is C15H17N3O2. The zero-order chi connectivity index (χ0) is 13.7. The number of ether oxygens (including phenoxy) is 1. The quantitative estimate of drug-likeness (QED) is 0.893. The van der Waals surface area contributed by atoms with Crippen molar-refractivity contribution in [2.24, 2.45) is 5.73 Å². The molecule has 0 amide bonds. The molecule has 1 saturated heterocycles. The maximum Gasteiger partial charge on any atom is 0.236 e. The van der Waals surface area contributed by atoms with Crippen LogP contribution in [0.3, 0.4) is 0 Å². The van der Waals surface area contributed by atoms with Crippen LogP contribution in [0, 0.1) is 0 Å². The summed E-state index contributed by atoms with van der Waals surface area (Å²) in [6.07, 6.45) is 0.981. The smallest absolute Gasteiger partial charge is 0.236 e. The number of rotatable bonds is 2. The van der Waals surface area contributed by atoms with E-state index in [1.165, 1.54) is 11.1 Å². The minimum Gasteiger partial charge on any atom is -0.379 e. The van der Waals surface area contributed by atoms with Gasteiger partial charge in [-0.25, -0.2) is 0 Å². The van der Waals surface area contributed by atoms with Gasteiger partial charge in [-0.15, -0.1) is 0 Å². The van der Waals surface area contributed by atoms with Crippen molar-refractivity contribution in [3.63, 3.8) is 0 Å². The third-order valence-electron chi connectivity index (χ3n) is 4.61. The van der Waals surface area contributed by atoms with E-state index in [0.29, 0.717) is 19.1 Å². The Morgan fingerprint density at radius 2 is 2.20 bits per heavy atom. The zero-order valence-electron chi connectivity index (χ0n) is 11.4. The third kappa shape index (κ3) is 1.57. The maximum atomic E-state index is 6.10. The summed E-state index contributed by atoms with van der Waals surface area (Å²) in [6.45, 7) is 3.11. The highest BCUT2D eigenvalue weighted by molar-refractivity contribution is 5.43. The number of benzene rings is 1. The summed E-state index contributed by atoms with van der Waals surface area (Å²) in [4.78, 5) is 4.60. The minimum atomic E-state index is -0.367. The molecule has 104 valence electrons. The molecule has 5 nitrogen and oxygen atoms in total. The van der Waals surface area contributed by atoms with Crippen LogP contribution < -0.4 is 5.73 Å². The average molecular weight is 271 g/mol. The van der Waals surface area contributed by atoms with Crippen LogP contribution in [0.25, 0.3) is 0 Å². The average Bonchev–Trinajstić information content (AvgIpc) is 3.01. The van der Waals surface area contributed by atoms with Gasteiger partial charge in [-0.05, 0) is 24.5 Å².